The van der Waals surface area contributed by atoms with Crippen molar-refractivity contribution in [3.8, 4) is 17.2 Å². The van der Waals surface area contributed by atoms with Gasteiger partial charge in [-0.05, 0) is 62.7 Å². The van der Waals surface area contributed by atoms with Gasteiger partial charge in [-0.15, -0.1) is 0 Å². The van der Waals surface area contributed by atoms with Crippen LogP contribution in [0.3, 0.4) is 0 Å². The van der Waals surface area contributed by atoms with E-state index < -0.39 is 27.8 Å². The van der Waals surface area contributed by atoms with Crippen molar-refractivity contribution in [3.63, 3.8) is 0 Å². The monoisotopic (exact) mass is 752 g/mol. The van der Waals surface area contributed by atoms with E-state index in [1.165, 1.54) is 43.0 Å². The third-order valence-corrected chi connectivity index (χ3v) is 9.80. The number of nitrogens with zero attached hydrogens (tertiary/aromatic N) is 2. The van der Waals surface area contributed by atoms with Crippen molar-refractivity contribution in [2.45, 2.75) is 62.2 Å². The first-order valence-corrected chi connectivity index (χ1v) is 18.0. The number of likely N-dealkylation sites (tertiary alicyclic amines) is 1. The predicted molar refractivity (Wildman–Crippen MR) is 188 cm³/mol. The number of aliphatic hydroxyl groups is 1. The van der Waals surface area contributed by atoms with E-state index in [-0.39, 0.29) is 45.1 Å². The van der Waals surface area contributed by atoms with Gasteiger partial charge in [-0.1, -0.05) is 40.9 Å². The second-order valence-corrected chi connectivity index (χ2v) is 15.4. The van der Waals surface area contributed by atoms with Crippen molar-refractivity contribution in [1.82, 2.24) is 9.80 Å². The summed E-state index contributed by atoms with van der Waals surface area (Å²) in [5.41, 5.74) is 0.463. The van der Waals surface area contributed by atoms with Gasteiger partial charge in [0.25, 0.3) is 16.0 Å². The molecule has 5 rings (SSSR count). The summed E-state index contributed by atoms with van der Waals surface area (Å²) in [6.07, 6.45) is 1.64. The Labute approximate surface area is 302 Å². The van der Waals surface area contributed by atoms with Crippen LogP contribution in [-0.4, -0.2) is 103 Å². The molecule has 0 aliphatic carbocycles. The number of aliphatic carboxylic acids is 1. The van der Waals surface area contributed by atoms with E-state index in [1.54, 1.807) is 26.2 Å². The number of piperidine rings is 1. The molecule has 1 spiro atoms. The molecule has 0 bridgehead atoms. The normalized spacial score (nSPS) is 16.0. The highest BCUT2D eigenvalue weighted by molar-refractivity contribution is 7.85. The molecular weight excluding hydrogens is 711 g/mol. The van der Waals surface area contributed by atoms with Gasteiger partial charge in [-0.3, -0.25) is 9.35 Å². The highest BCUT2D eigenvalue weighted by Crippen LogP contribution is 2.42. The smallest absolute Gasteiger partial charge is 0.347 e. The molecule has 1 fully saturated rings. The number of rotatable bonds is 10. The molecule has 15 heteroatoms. The summed E-state index contributed by atoms with van der Waals surface area (Å²) < 4.78 is 47.3. The Morgan fingerprint density at radius 2 is 1.68 bits per heavy atom. The minimum absolute atomic E-state index is 0.0593. The van der Waals surface area contributed by atoms with E-state index in [1.807, 2.05) is 25.1 Å². The van der Waals surface area contributed by atoms with Crippen molar-refractivity contribution in [2.75, 3.05) is 40.3 Å². The molecule has 1 saturated heterocycles. The lowest BCUT2D eigenvalue weighted by atomic mass is 9.87. The van der Waals surface area contributed by atoms with Gasteiger partial charge in [0.1, 0.15) is 35.6 Å². The van der Waals surface area contributed by atoms with Crippen molar-refractivity contribution in [2.24, 2.45) is 0 Å². The van der Waals surface area contributed by atoms with Crippen LogP contribution in [-0.2, 0) is 21.3 Å². The lowest BCUT2D eigenvalue weighted by Gasteiger charge is -2.39. The maximum absolute atomic E-state index is 12.8. The van der Waals surface area contributed by atoms with E-state index in [9.17, 15) is 28.2 Å². The van der Waals surface area contributed by atoms with Crippen LogP contribution in [0.5, 0.6) is 17.2 Å². The molecule has 0 saturated carbocycles. The van der Waals surface area contributed by atoms with Gasteiger partial charge in [0, 0.05) is 64.1 Å². The molecule has 1 atom stereocenters. The second-order valence-electron chi connectivity index (χ2n) is 13.2. The molecule has 3 aromatic rings. The number of carboxylic acid groups (broad SMARTS) is 1. The standard InChI is InChI=1S/C28H34Cl2N2O7.C7H8O3S/c1-27(2,26(35)36)38-24-13-23(20(12-21(24)30)25(34)31(3)4)37-16-19(33)15-32-9-7-28(8-10-32)14-17-11-18(29)5-6-22(17)39-28;1-6-2-4-7(5-3-6)11(8,9)10/h5-6,11-13,19,33H,7-10,14-16H2,1-4H3,(H,35,36);2-5H,1H3,(H,8,9,10)/t19-;/m0./s1. The van der Waals surface area contributed by atoms with Crippen LogP contribution in [0, 0.1) is 6.92 Å². The minimum Gasteiger partial charge on any atom is -0.490 e. The molecule has 12 nitrogen and oxygen atoms in total. The zero-order valence-corrected chi connectivity index (χ0v) is 30.8. The Hall–Kier alpha value is -3.59. The number of ether oxygens (including phenoxy) is 3. The van der Waals surface area contributed by atoms with Crippen molar-refractivity contribution >= 4 is 45.2 Å². The number of amides is 1. The summed E-state index contributed by atoms with van der Waals surface area (Å²) in [6, 6.07) is 14.5. The number of carboxylic acids is 1. The van der Waals surface area contributed by atoms with Crippen molar-refractivity contribution in [1.29, 1.82) is 0 Å². The number of halogens is 2. The molecule has 0 radical (unpaired) electrons. The first-order valence-electron chi connectivity index (χ1n) is 15.8. The Bertz CT molecular complexity index is 1810. The first kappa shape index (κ1) is 39.2. The summed E-state index contributed by atoms with van der Waals surface area (Å²) in [7, 11) is -0.831. The van der Waals surface area contributed by atoms with Gasteiger partial charge in [-0.2, -0.15) is 8.42 Å². The average molecular weight is 754 g/mol. The number of carbonyl (C=O) groups is 2. The van der Waals surface area contributed by atoms with Crippen LogP contribution in [0.1, 0.15) is 48.2 Å². The van der Waals surface area contributed by atoms with Gasteiger partial charge < -0.3 is 34.2 Å². The van der Waals surface area contributed by atoms with Gasteiger partial charge in [0.2, 0.25) is 0 Å². The van der Waals surface area contributed by atoms with Crippen molar-refractivity contribution < 1.29 is 47.0 Å². The van der Waals surface area contributed by atoms with Gasteiger partial charge in [0.05, 0.1) is 15.5 Å². The Balaban J connectivity index is 0.000000435. The predicted octanol–water partition coefficient (Wildman–Crippen LogP) is 5.39. The average Bonchev–Trinajstić information content (AvgIpc) is 3.38. The van der Waals surface area contributed by atoms with E-state index in [4.69, 9.17) is 42.0 Å². The highest BCUT2D eigenvalue weighted by atomic mass is 35.5. The molecule has 2 heterocycles. The minimum atomic E-state index is -4.02. The number of aliphatic hydroxyl groups excluding tert-OH is 1. The molecule has 50 heavy (non-hydrogen) atoms. The lowest BCUT2D eigenvalue weighted by Crippen LogP contribution is -2.49. The van der Waals surface area contributed by atoms with Gasteiger partial charge >= 0.3 is 5.97 Å². The Morgan fingerprint density at radius 1 is 1.04 bits per heavy atom. The third kappa shape index (κ3) is 10.0. The number of fused-ring (bicyclic) bond motifs is 1. The lowest BCUT2D eigenvalue weighted by molar-refractivity contribution is -0.152. The molecule has 0 unspecified atom stereocenters. The highest BCUT2D eigenvalue weighted by Gasteiger charge is 2.42. The van der Waals surface area contributed by atoms with Gasteiger partial charge in [0.15, 0.2) is 5.60 Å². The fourth-order valence-electron chi connectivity index (χ4n) is 5.53. The number of carbonyl (C=O) groups excluding carboxylic acids is 1. The number of aryl methyl sites for hydroxylation is 1. The Morgan fingerprint density at radius 3 is 2.26 bits per heavy atom. The zero-order valence-electron chi connectivity index (χ0n) is 28.5. The fourth-order valence-corrected chi connectivity index (χ4v) is 6.41. The van der Waals surface area contributed by atoms with Crippen LogP contribution in [0.15, 0.2) is 59.5 Å². The largest absolute Gasteiger partial charge is 0.490 e. The number of β-amino-alcohol motifs (C(OH)–C–C–N with tert-alkyl or cyclic N) is 1. The summed E-state index contributed by atoms with van der Waals surface area (Å²) >= 11 is 12.5. The first-order chi connectivity index (χ1) is 23.3. The van der Waals surface area contributed by atoms with E-state index >= 15 is 0 Å². The Kier molecular flexibility index (Phi) is 12.3. The van der Waals surface area contributed by atoms with Crippen molar-refractivity contribution in [3.05, 3.63) is 81.3 Å². The molecule has 2 aliphatic heterocycles. The van der Waals surface area contributed by atoms with Crippen LogP contribution in [0.2, 0.25) is 10.0 Å². The maximum atomic E-state index is 12.8. The molecule has 3 aromatic carbocycles. The van der Waals surface area contributed by atoms with Crippen LogP contribution < -0.4 is 14.2 Å². The summed E-state index contributed by atoms with van der Waals surface area (Å²) in [5, 5.41) is 21.0. The van der Waals surface area contributed by atoms with Crippen LogP contribution >= 0.6 is 23.2 Å². The molecule has 3 N–H and O–H groups in total. The third-order valence-electron chi connectivity index (χ3n) is 8.40. The van der Waals surface area contributed by atoms with E-state index in [2.05, 4.69) is 4.90 Å². The molecule has 272 valence electrons. The number of hydrogen-bond donors (Lipinski definition) is 3. The quantitative estimate of drug-likeness (QED) is 0.228. The maximum Gasteiger partial charge on any atom is 0.347 e. The number of hydrogen-bond acceptors (Lipinski definition) is 9. The second kappa shape index (κ2) is 15.7. The topological polar surface area (TPSA) is 163 Å². The van der Waals surface area contributed by atoms with E-state index in [0.717, 1.165) is 49.2 Å². The molecule has 2 aliphatic rings. The van der Waals surface area contributed by atoms with Crippen LogP contribution in [0.25, 0.3) is 0 Å². The van der Waals surface area contributed by atoms with Gasteiger partial charge in [-0.25, -0.2) is 4.79 Å². The van der Waals surface area contributed by atoms with Crippen LogP contribution in [0.4, 0.5) is 0 Å². The zero-order chi connectivity index (χ0) is 37.0. The summed E-state index contributed by atoms with van der Waals surface area (Å²) in [6.45, 7) is 6.44. The molecule has 1 amide bonds. The number of benzene rings is 3. The molecular formula is C35H42Cl2N2O10S. The fraction of sp³-hybridized carbons (Fsp3) is 0.429. The van der Waals surface area contributed by atoms with E-state index in [0.29, 0.717) is 11.6 Å². The SMILES string of the molecule is CN(C)C(=O)c1cc(Cl)c(OC(C)(C)C(=O)O)cc1OC[C@@H](O)CN1CCC2(CC1)Cc1cc(Cl)ccc1O2.Cc1ccc(S(=O)(=O)O)cc1. The summed E-state index contributed by atoms with van der Waals surface area (Å²) in [4.78, 5) is 27.8. The summed E-state index contributed by atoms with van der Waals surface area (Å²) in [5.74, 6) is -0.442. The molecule has 0 aromatic heterocycles.